The molecule has 1 fully saturated rings. The number of hydrogen-bond donors (Lipinski definition) is 3. The number of benzene rings is 2. The van der Waals surface area contributed by atoms with Gasteiger partial charge in [0, 0.05) is 36.9 Å². The maximum atomic E-state index is 13.3. The quantitative estimate of drug-likeness (QED) is 0.422. The van der Waals surface area contributed by atoms with Crippen LogP contribution in [0, 0.1) is 6.92 Å². The molecule has 2 aromatic carbocycles. The molecule has 0 radical (unpaired) electrons. The van der Waals surface area contributed by atoms with Gasteiger partial charge in [-0.1, -0.05) is 0 Å². The number of nitrogen functional groups attached to an aromatic ring is 1. The number of alkyl halides is 3. The minimum absolute atomic E-state index is 0.00617. The summed E-state index contributed by atoms with van der Waals surface area (Å²) in [5.41, 5.74) is 6.48. The monoisotopic (exact) mass is 536 g/mol. The predicted octanol–water partition coefficient (Wildman–Crippen LogP) is 3.62. The molecule has 0 spiro atoms. The van der Waals surface area contributed by atoms with Crippen molar-refractivity contribution in [2.45, 2.75) is 26.1 Å². The Balaban J connectivity index is 1.70. The standard InChI is InChI=1S/C24H27F3N6O3S/c1-13(15-8-16(24(25,26)27)10-17(28)9-15)30-22-18-11-20(29-3)19(12-21(18)31-14(2)32-22)23(34)33-4-6-37(35,36)7-5-33/h8-13,29H,4-7,28H2,1-3H3,(H,30,31,32). The molecule has 4 N–H and O–H groups in total. The fourth-order valence-electron chi connectivity index (χ4n) is 4.25. The molecule has 0 aliphatic carbocycles. The van der Waals surface area contributed by atoms with Crippen molar-refractivity contribution in [2.24, 2.45) is 0 Å². The number of nitrogens with two attached hydrogens (primary N) is 1. The first-order chi connectivity index (χ1) is 17.3. The largest absolute Gasteiger partial charge is 0.416 e. The van der Waals surface area contributed by atoms with Crippen LogP contribution in [0.2, 0.25) is 0 Å². The summed E-state index contributed by atoms with van der Waals surface area (Å²) >= 11 is 0. The number of anilines is 3. The van der Waals surface area contributed by atoms with Gasteiger partial charge in [-0.3, -0.25) is 4.79 Å². The van der Waals surface area contributed by atoms with Gasteiger partial charge in [-0.15, -0.1) is 0 Å². The summed E-state index contributed by atoms with van der Waals surface area (Å²) in [6.07, 6.45) is -4.54. The molecule has 1 aliphatic heterocycles. The van der Waals surface area contributed by atoms with E-state index >= 15 is 0 Å². The van der Waals surface area contributed by atoms with Gasteiger partial charge < -0.3 is 21.3 Å². The number of rotatable bonds is 5. The highest BCUT2D eigenvalue weighted by Gasteiger charge is 2.32. The van der Waals surface area contributed by atoms with Crippen LogP contribution in [0.3, 0.4) is 0 Å². The van der Waals surface area contributed by atoms with Crippen LogP contribution in [0.4, 0.5) is 30.4 Å². The Labute approximate surface area is 212 Å². The van der Waals surface area contributed by atoms with Crippen molar-refractivity contribution in [3.8, 4) is 0 Å². The third kappa shape index (κ3) is 5.71. The number of amides is 1. The molecule has 3 aromatic rings. The Kier molecular flexibility index (Phi) is 6.93. The Morgan fingerprint density at radius 2 is 1.78 bits per heavy atom. The zero-order valence-electron chi connectivity index (χ0n) is 20.5. The third-order valence-corrected chi connectivity index (χ3v) is 7.85. The van der Waals surface area contributed by atoms with E-state index in [2.05, 4.69) is 20.6 Å². The average molecular weight is 537 g/mol. The van der Waals surface area contributed by atoms with Crippen LogP contribution in [0.5, 0.6) is 0 Å². The first-order valence-electron chi connectivity index (χ1n) is 11.5. The fourth-order valence-corrected chi connectivity index (χ4v) is 5.45. The predicted molar refractivity (Wildman–Crippen MR) is 136 cm³/mol. The first-order valence-corrected chi connectivity index (χ1v) is 13.3. The number of sulfone groups is 1. The van der Waals surface area contributed by atoms with Gasteiger partial charge in [0.25, 0.3) is 5.91 Å². The van der Waals surface area contributed by atoms with Crippen molar-refractivity contribution < 1.29 is 26.4 Å². The van der Waals surface area contributed by atoms with Crippen molar-refractivity contribution in [2.75, 3.05) is 48.0 Å². The molecule has 0 bridgehead atoms. The summed E-state index contributed by atoms with van der Waals surface area (Å²) < 4.78 is 63.4. The molecule has 198 valence electrons. The SMILES string of the molecule is CNc1cc2c(NC(C)c3cc(N)cc(C(F)(F)F)c3)nc(C)nc2cc1C(=O)N1CCS(=O)(=O)CC1. The normalized spacial score (nSPS) is 16.4. The molecule has 13 heteroatoms. The average Bonchev–Trinajstić information content (AvgIpc) is 2.81. The number of carbonyl (C=O) groups excluding carboxylic acids is 1. The van der Waals surface area contributed by atoms with Crippen LogP contribution >= 0.6 is 0 Å². The molecule has 1 atom stereocenters. The Morgan fingerprint density at radius 1 is 1.11 bits per heavy atom. The van der Waals surface area contributed by atoms with Gasteiger partial charge in [-0.2, -0.15) is 13.2 Å². The summed E-state index contributed by atoms with van der Waals surface area (Å²) in [5.74, 6) is 0.277. The lowest BCUT2D eigenvalue weighted by atomic mass is 10.0. The molecule has 9 nitrogen and oxygen atoms in total. The molecule has 1 aromatic heterocycles. The number of aromatic nitrogens is 2. The van der Waals surface area contributed by atoms with Crippen LogP contribution in [0.25, 0.3) is 10.9 Å². The van der Waals surface area contributed by atoms with Crippen LogP contribution in [0.1, 0.15) is 40.3 Å². The zero-order chi connectivity index (χ0) is 27.1. The van der Waals surface area contributed by atoms with E-state index in [1.807, 2.05) is 0 Å². The summed E-state index contributed by atoms with van der Waals surface area (Å²) in [6, 6.07) is 6.11. The summed E-state index contributed by atoms with van der Waals surface area (Å²) in [4.78, 5) is 23.6. The molecular weight excluding hydrogens is 509 g/mol. The number of hydrogen-bond acceptors (Lipinski definition) is 8. The zero-order valence-corrected chi connectivity index (χ0v) is 21.3. The van der Waals surface area contributed by atoms with E-state index in [1.54, 1.807) is 33.0 Å². The van der Waals surface area contributed by atoms with Gasteiger partial charge in [-0.05, 0) is 49.7 Å². The highest BCUT2D eigenvalue weighted by molar-refractivity contribution is 7.91. The first kappa shape index (κ1) is 26.5. The lowest BCUT2D eigenvalue weighted by Crippen LogP contribution is -2.43. The third-order valence-electron chi connectivity index (χ3n) is 6.24. The van der Waals surface area contributed by atoms with E-state index in [4.69, 9.17) is 5.73 Å². The van der Waals surface area contributed by atoms with Crippen molar-refractivity contribution in [1.29, 1.82) is 0 Å². The Hall–Kier alpha value is -3.61. The second kappa shape index (κ2) is 9.69. The van der Waals surface area contributed by atoms with E-state index in [1.165, 1.54) is 11.0 Å². The van der Waals surface area contributed by atoms with Crippen molar-refractivity contribution >= 4 is 43.8 Å². The number of nitrogens with zero attached hydrogens (tertiary/aromatic N) is 3. The highest BCUT2D eigenvalue weighted by atomic mass is 32.2. The van der Waals surface area contributed by atoms with E-state index in [-0.39, 0.29) is 36.2 Å². The maximum absolute atomic E-state index is 13.3. The van der Waals surface area contributed by atoms with Crippen LogP contribution in [0.15, 0.2) is 30.3 Å². The second-order valence-corrected chi connectivity index (χ2v) is 11.3. The molecule has 1 aliphatic rings. The van der Waals surface area contributed by atoms with Gasteiger partial charge >= 0.3 is 6.18 Å². The van der Waals surface area contributed by atoms with Crippen molar-refractivity contribution in [3.63, 3.8) is 0 Å². The van der Waals surface area contributed by atoms with Gasteiger partial charge in [0.15, 0.2) is 9.84 Å². The van der Waals surface area contributed by atoms with Crippen LogP contribution in [-0.4, -0.2) is 60.8 Å². The molecule has 0 saturated carbocycles. The molecule has 37 heavy (non-hydrogen) atoms. The molecule has 1 unspecified atom stereocenters. The van der Waals surface area contributed by atoms with Gasteiger partial charge in [-0.25, -0.2) is 18.4 Å². The molecular formula is C24H27F3N6O3S. The smallest absolute Gasteiger partial charge is 0.399 e. The van der Waals surface area contributed by atoms with Gasteiger partial charge in [0.2, 0.25) is 0 Å². The Morgan fingerprint density at radius 3 is 2.41 bits per heavy atom. The Bertz CT molecular complexity index is 1460. The van der Waals surface area contributed by atoms with E-state index in [0.29, 0.717) is 39.4 Å². The van der Waals surface area contributed by atoms with Crippen molar-refractivity contribution in [3.05, 3.63) is 52.8 Å². The van der Waals surface area contributed by atoms with E-state index < -0.39 is 27.6 Å². The maximum Gasteiger partial charge on any atom is 0.416 e. The molecule has 2 heterocycles. The number of halogens is 3. The summed E-state index contributed by atoms with van der Waals surface area (Å²) in [6.45, 7) is 3.57. The van der Waals surface area contributed by atoms with Gasteiger partial charge in [0.1, 0.15) is 11.6 Å². The minimum Gasteiger partial charge on any atom is -0.399 e. The topological polar surface area (TPSA) is 130 Å². The molecule has 4 rings (SSSR count). The van der Waals surface area contributed by atoms with E-state index in [0.717, 1.165) is 12.1 Å². The van der Waals surface area contributed by atoms with E-state index in [9.17, 15) is 26.4 Å². The van der Waals surface area contributed by atoms with Crippen LogP contribution < -0.4 is 16.4 Å². The highest BCUT2D eigenvalue weighted by Crippen LogP contribution is 2.35. The van der Waals surface area contributed by atoms with Crippen molar-refractivity contribution in [1.82, 2.24) is 14.9 Å². The minimum atomic E-state index is -4.54. The summed E-state index contributed by atoms with van der Waals surface area (Å²) in [5, 5.41) is 6.70. The lowest BCUT2D eigenvalue weighted by Gasteiger charge is -2.27. The van der Waals surface area contributed by atoms with Gasteiger partial charge in [0.05, 0.1) is 34.2 Å². The summed E-state index contributed by atoms with van der Waals surface area (Å²) in [7, 11) is -1.50. The molecule has 1 saturated heterocycles. The number of carbonyl (C=O) groups is 1. The number of fused-ring (bicyclic) bond motifs is 1. The fraction of sp³-hybridized carbons (Fsp3) is 0.375. The van der Waals surface area contributed by atoms with Crippen LogP contribution in [-0.2, 0) is 16.0 Å². The molecule has 1 amide bonds. The number of aryl methyl sites for hydroxylation is 1. The lowest BCUT2D eigenvalue weighted by molar-refractivity contribution is -0.137. The second-order valence-electron chi connectivity index (χ2n) is 8.98. The number of nitrogens with one attached hydrogen (secondary N) is 2.